The summed E-state index contributed by atoms with van der Waals surface area (Å²) in [5.41, 5.74) is 0.651. The van der Waals surface area contributed by atoms with Crippen molar-refractivity contribution < 1.29 is 18.0 Å². The Bertz CT molecular complexity index is 1400. The minimum absolute atomic E-state index is 0.0105. The average Bonchev–Trinajstić information content (AvgIpc) is 2.93. The highest BCUT2D eigenvalue weighted by atomic mass is 35.5. The maximum atomic E-state index is 13.9. The lowest BCUT2D eigenvalue weighted by atomic mass is 10.1. The van der Waals surface area contributed by atoms with E-state index in [4.69, 9.17) is 34.8 Å². The van der Waals surface area contributed by atoms with Crippen LogP contribution in [0.1, 0.15) is 32.3 Å². The summed E-state index contributed by atoms with van der Waals surface area (Å²) in [6, 6.07) is 18.3. The van der Waals surface area contributed by atoms with Gasteiger partial charge in [-0.2, -0.15) is 0 Å². The second kappa shape index (κ2) is 14.0. The van der Waals surface area contributed by atoms with E-state index >= 15 is 0 Å². The van der Waals surface area contributed by atoms with Crippen LogP contribution >= 0.6 is 34.8 Å². The Kier molecular flexibility index (Phi) is 11.1. The van der Waals surface area contributed by atoms with Crippen LogP contribution in [0, 0.1) is 0 Å². The number of hydrogen-bond donors (Lipinski definition) is 1. The number of carbonyl (C=O) groups excluding carboxylic acids is 2. The SMILES string of the molecule is CCCCNC(=O)C(C)N(Cc1ccccc1Cl)C(=O)CN(c1cccc(Cl)c1Cl)S(=O)(=O)c1ccccc1. The van der Waals surface area contributed by atoms with Crippen LogP contribution in [0.4, 0.5) is 5.69 Å². The third kappa shape index (κ3) is 7.66. The first-order valence-corrected chi connectivity index (χ1v) is 15.0. The predicted octanol–water partition coefficient (Wildman–Crippen LogP) is 6.18. The number of carbonyl (C=O) groups is 2. The van der Waals surface area contributed by atoms with Crippen molar-refractivity contribution in [2.24, 2.45) is 0 Å². The molecule has 0 aliphatic heterocycles. The van der Waals surface area contributed by atoms with E-state index in [1.165, 1.54) is 29.2 Å². The van der Waals surface area contributed by atoms with Crippen LogP contribution in [0.15, 0.2) is 77.7 Å². The smallest absolute Gasteiger partial charge is 0.264 e. The highest BCUT2D eigenvalue weighted by Crippen LogP contribution is 2.35. The molecule has 3 aromatic carbocycles. The van der Waals surface area contributed by atoms with E-state index in [1.807, 2.05) is 6.92 Å². The molecule has 0 aromatic heterocycles. The van der Waals surface area contributed by atoms with Gasteiger partial charge in [0, 0.05) is 18.1 Å². The topological polar surface area (TPSA) is 86.8 Å². The molecule has 0 saturated heterocycles. The molecule has 0 fully saturated rings. The molecule has 3 aromatic rings. The molecule has 1 atom stereocenters. The number of unbranched alkanes of at least 4 members (excludes halogenated alkanes) is 1. The molecular weight excluding hydrogens is 581 g/mol. The van der Waals surface area contributed by atoms with Crippen molar-refractivity contribution in [2.45, 2.75) is 44.2 Å². The molecule has 1 N–H and O–H groups in total. The summed E-state index contributed by atoms with van der Waals surface area (Å²) in [5, 5.41) is 3.37. The lowest BCUT2D eigenvalue weighted by molar-refractivity contribution is -0.139. The first-order valence-electron chi connectivity index (χ1n) is 12.4. The van der Waals surface area contributed by atoms with Crippen LogP contribution in [0.25, 0.3) is 0 Å². The molecule has 0 heterocycles. The molecule has 0 spiro atoms. The number of hydrogen-bond acceptors (Lipinski definition) is 4. The summed E-state index contributed by atoms with van der Waals surface area (Å²) in [7, 11) is -4.25. The Balaban J connectivity index is 2.04. The number of nitrogens with one attached hydrogen (secondary N) is 1. The van der Waals surface area contributed by atoms with Gasteiger partial charge in [-0.3, -0.25) is 13.9 Å². The van der Waals surface area contributed by atoms with Gasteiger partial charge in [0.2, 0.25) is 11.8 Å². The highest BCUT2D eigenvalue weighted by Gasteiger charge is 2.33. The molecule has 7 nitrogen and oxygen atoms in total. The number of anilines is 1. The Hall–Kier alpha value is -2.78. The highest BCUT2D eigenvalue weighted by molar-refractivity contribution is 7.92. The molecule has 208 valence electrons. The molecule has 0 saturated carbocycles. The van der Waals surface area contributed by atoms with Crippen LogP contribution in [0.5, 0.6) is 0 Å². The van der Waals surface area contributed by atoms with Crippen LogP contribution < -0.4 is 9.62 Å². The molecule has 1 unspecified atom stereocenters. The lowest BCUT2D eigenvalue weighted by Gasteiger charge is -2.32. The summed E-state index contributed by atoms with van der Waals surface area (Å²) in [6.45, 7) is 3.42. The fraction of sp³-hybridized carbons (Fsp3) is 0.286. The van der Waals surface area contributed by atoms with Crippen molar-refractivity contribution in [3.05, 3.63) is 93.4 Å². The summed E-state index contributed by atoms with van der Waals surface area (Å²) < 4.78 is 28.5. The minimum atomic E-state index is -4.25. The van der Waals surface area contributed by atoms with E-state index in [1.54, 1.807) is 55.5 Å². The van der Waals surface area contributed by atoms with Crippen molar-refractivity contribution in [3.63, 3.8) is 0 Å². The van der Waals surface area contributed by atoms with Crippen LogP contribution in [0.2, 0.25) is 15.1 Å². The third-order valence-electron chi connectivity index (χ3n) is 6.11. The van der Waals surface area contributed by atoms with E-state index in [9.17, 15) is 18.0 Å². The van der Waals surface area contributed by atoms with Gasteiger partial charge in [-0.25, -0.2) is 8.42 Å². The molecule has 0 aliphatic rings. The average molecular weight is 611 g/mol. The second-order valence-corrected chi connectivity index (χ2v) is 11.9. The van der Waals surface area contributed by atoms with Gasteiger partial charge >= 0.3 is 0 Å². The van der Waals surface area contributed by atoms with Crippen LogP contribution in [-0.4, -0.2) is 44.3 Å². The third-order valence-corrected chi connectivity index (χ3v) is 9.06. The largest absolute Gasteiger partial charge is 0.354 e. The zero-order valence-corrected chi connectivity index (χ0v) is 24.7. The van der Waals surface area contributed by atoms with Crippen molar-refractivity contribution in [2.75, 3.05) is 17.4 Å². The quantitative estimate of drug-likeness (QED) is 0.248. The van der Waals surface area contributed by atoms with Crippen molar-refractivity contribution >= 4 is 62.3 Å². The maximum absolute atomic E-state index is 13.9. The molecular formula is C28H30Cl3N3O4S. The number of benzene rings is 3. The molecule has 0 radical (unpaired) electrons. The Morgan fingerprint density at radius 3 is 2.21 bits per heavy atom. The minimum Gasteiger partial charge on any atom is -0.354 e. The summed E-state index contributed by atoms with van der Waals surface area (Å²) in [5.74, 6) is -0.981. The van der Waals surface area contributed by atoms with E-state index < -0.39 is 28.5 Å². The summed E-state index contributed by atoms with van der Waals surface area (Å²) in [4.78, 5) is 28.2. The van der Waals surface area contributed by atoms with Gasteiger partial charge in [0.25, 0.3) is 10.0 Å². The number of rotatable bonds is 12. The predicted molar refractivity (Wildman–Crippen MR) is 157 cm³/mol. The van der Waals surface area contributed by atoms with Gasteiger partial charge in [-0.15, -0.1) is 0 Å². The monoisotopic (exact) mass is 609 g/mol. The fourth-order valence-electron chi connectivity index (χ4n) is 3.85. The molecule has 11 heteroatoms. The normalized spacial score (nSPS) is 12.0. The van der Waals surface area contributed by atoms with Crippen LogP contribution in [-0.2, 0) is 26.2 Å². The van der Waals surface area contributed by atoms with Crippen LogP contribution in [0.3, 0.4) is 0 Å². The second-order valence-electron chi connectivity index (χ2n) is 8.83. The van der Waals surface area contributed by atoms with Gasteiger partial charge in [0.05, 0.1) is 20.6 Å². The van der Waals surface area contributed by atoms with Gasteiger partial charge in [0.1, 0.15) is 12.6 Å². The standard InChI is InChI=1S/C28H30Cl3N3O4S/c1-3-4-17-32-28(36)20(2)33(18-21-11-8-9-14-23(21)29)26(35)19-34(25-16-10-15-24(30)27(25)31)39(37,38)22-12-6-5-7-13-22/h5-16,20H,3-4,17-19H2,1-2H3,(H,32,36). The summed E-state index contributed by atoms with van der Waals surface area (Å²) in [6.07, 6.45) is 1.68. The van der Waals surface area contributed by atoms with Gasteiger partial charge in [0.15, 0.2) is 0 Å². The lowest BCUT2D eigenvalue weighted by Crippen LogP contribution is -2.51. The molecule has 0 bridgehead atoms. The van der Waals surface area contributed by atoms with Crippen molar-refractivity contribution in [1.82, 2.24) is 10.2 Å². The zero-order chi connectivity index (χ0) is 28.6. The maximum Gasteiger partial charge on any atom is 0.264 e. The number of halogens is 3. The number of nitrogens with zero attached hydrogens (tertiary/aromatic N) is 2. The molecule has 0 aliphatic carbocycles. The molecule has 2 amide bonds. The van der Waals surface area contributed by atoms with Gasteiger partial charge in [-0.1, -0.05) is 90.6 Å². The molecule has 39 heavy (non-hydrogen) atoms. The van der Waals surface area contributed by atoms with Gasteiger partial charge < -0.3 is 10.2 Å². The van der Waals surface area contributed by atoms with Gasteiger partial charge in [-0.05, 0) is 49.2 Å². The molecule has 3 rings (SSSR count). The van der Waals surface area contributed by atoms with Crippen molar-refractivity contribution in [1.29, 1.82) is 0 Å². The number of amides is 2. The Morgan fingerprint density at radius 2 is 1.54 bits per heavy atom. The fourth-order valence-corrected chi connectivity index (χ4v) is 5.94. The zero-order valence-electron chi connectivity index (χ0n) is 21.6. The Labute approximate surface area is 244 Å². The van der Waals surface area contributed by atoms with E-state index in [0.717, 1.165) is 17.1 Å². The van der Waals surface area contributed by atoms with E-state index in [-0.39, 0.29) is 33.1 Å². The first-order chi connectivity index (χ1) is 18.6. The van der Waals surface area contributed by atoms with Crippen molar-refractivity contribution in [3.8, 4) is 0 Å². The number of sulfonamides is 1. The Morgan fingerprint density at radius 1 is 0.897 bits per heavy atom. The first kappa shape index (κ1) is 30.8. The van der Waals surface area contributed by atoms with E-state index in [0.29, 0.717) is 17.1 Å². The summed E-state index contributed by atoms with van der Waals surface area (Å²) >= 11 is 19.0. The van der Waals surface area contributed by atoms with E-state index in [2.05, 4.69) is 5.32 Å².